The molecule has 2 rings (SSSR count). The molecule has 82 valence electrons. The van der Waals surface area contributed by atoms with Gasteiger partial charge >= 0.3 is 5.97 Å². The summed E-state index contributed by atoms with van der Waals surface area (Å²) in [4.78, 5) is 20.9. The molecule has 0 radical (unpaired) electrons. The first-order valence-corrected chi connectivity index (χ1v) is 4.45. The van der Waals surface area contributed by atoms with Crippen molar-refractivity contribution in [3.8, 4) is 5.75 Å². The third-order valence-corrected chi connectivity index (χ3v) is 1.98. The largest absolute Gasteiger partial charge is 0.474 e. The quantitative estimate of drug-likeness (QED) is 0.438. The SMILES string of the molecule is O=C1OC=CC1Oc1ccc([N+](=O)[O-])cc1. The zero-order valence-electron chi connectivity index (χ0n) is 8.03. The molecule has 0 spiro atoms. The van der Waals surface area contributed by atoms with E-state index < -0.39 is 17.0 Å². The van der Waals surface area contributed by atoms with Crippen molar-refractivity contribution in [2.75, 3.05) is 0 Å². The maximum atomic E-state index is 11.0. The maximum absolute atomic E-state index is 11.0. The molecule has 0 aromatic heterocycles. The van der Waals surface area contributed by atoms with Gasteiger partial charge in [0.2, 0.25) is 6.10 Å². The van der Waals surface area contributed by atoms with Crippen molar-refractivity contribution in [1.29, 1.82) is 0 Å². The van der Waals surface area contributed by atoms with Gasteiger partial charge in [0, 0.05) is 18.2 Å². The molecule has 16 heavy (non-hydrogen) atoms. The Morgan fingerprint density at radius 3 is 2.50 bits per heavy atom. The van der Waals surface area contributed by atoms with Gasteiger partial charge in [-0.3, -0.25) is 10.1 Å². The van der Waals surface area contributed by atoms with Crippen LogP contribution in [0.2, 0.25) is 0 Å². The topological polar surface area (TPSA) is 78.7 Å². The monoisotopic (exact) mass is 221 g/mol. The lowest BCUT2D eigenvalue weighted by Gasteiger charge is -2.08. The standard InChI is InChI=1S/C10H7NO5/c12-10-9(5-6-15-10)16-8-3-1-7(2-4-8)11(13)14/h1-6,9H. The summed E-state index contributed by atoms with van der Waals surface area (Å²) in [7, 11) is 0. The third-order valence-electron chi connectivity index (χ3n) is 1.98. The summed E-state index contributed by atoms with van der Waals surface area (Å²) in [5.41, 5.74) is -0.0307. The average Bonchev–Trinajstić information content (AvgIpc) is 2.65. The van der Waals surface area contributed by atoms with Crippen molar-refractivity contribution in [2.45, 2.75) is 6.10 Å². The van der Waals surface area contributed by atoms with Crippen LogP contribution in [0.1, 0.15) is 0 Å². The van der Waals surface area contributed by atoms with E-state index in [1.165, 1.54) is 36.6 Å². The Kier molecular flexibility index (Phi) is 2.55. The number of non-ortho nitro benzene ring substituents is 1. The molecule has 0 saturated carbocycles. The van der Waals surface area contributed by atoms with Gasteiger partial charge in [-0.1, -0.05) is 0 Å². The number of ether oxygens (including phenoxy) is 2. The summed E-state index contributed by atoms with van der Waals surface area (Å²) in [6.45, 7) is 0. The molecule has 0 saturated heterocycles. The molecule has 1 unspecified atom stereocenters. The van der Waals surface area contributed by atoms with Crippen LogP contribution in [0.15, 0.2) is 36.6 Å². The van der Waals surface area contributed by atoms with Crippen LogP contribution >= 0.6 is 0 Å². The number of esters is 1. The highest BCUT2D eigenvalue weighted by molar-refractivity contribution is 5.80. The fraction of sp³-hybridized carbons (Fsp3) is 0.100. The molecule has 6 nitrogen and oxygen atoms in total. The third kappa shape index (κ3) is 2.00. The van der Waals surface area contributed by atoms with E-state index in [0.29, 0.717) is 5.75 Å². The Bertz CT molecular complexity index is 451. The van der Waals surface area contributed by atoms with Crippen LogP contribution < -0.4 is 4.74 Å². The second kappa shape index (κ2) is 4.01. The number of rotatable bonds is 3. The van der Waals surface area contributed by atoms with Crippen LogP contribution in [0.5, 0.6) is 5.75 Å². The van der Waals surface area contributed by atoms with Crippen molar-refractivity contribution < 1.29 is 19.2 Å². The fourth-order valence-electron chi connectivity index (χ4n) is 1.20. The highest BCUT2D eigenvalue weighted by atomic mass is 16.6. The lowest BCUT2D eigenvalue weighted by Crippen LogP contribution is -2.21. The molecule has 1 heterocycles. The van der Waals surface area contributed by atoms with Gasteiger partial charge in [-0.15, -0.1) is 0 Å². The van der Waals surface area contributed by atoms with E-state index in [2.05, 4.69) is 4.74 Å². The Labute approximate surface area is 90.2 Å². The minimum Gasteiger partial charge on any atom is -0.474 e. The van der Waals surface area contributed by atoms with E-state index in [1.54, 1.807) is 0 Å². The zero-order valence-corrected chi connectivity index (χ0v) is 8.03. The molecule has 1 aromatic rings. The highest BCUT2D eigenvalue weighted by Crippen LogP contribution is 2.20. The van der Waals surface area contributed by atoms with Gasteiger partial charge in [0.05, 0.1) is 11.2 Å². The number of cyclic esters (lactones) is 1. The van der Waals surface area contributed by atoms with Crippen molar-refractivity contribution in [1.82, 2.24) is 0 Å². The first kappa shape index (κ1) is 10.2. The summed E-state index contributed by atoms with van der Waals surface area (Å²) in [6.07, 6.45) is 1.93. The molecule has 1 aliphatic rings. The van der Waals surface area contributed by atoms with Gasteiger partial charge in [-0.25, -0.2) is 4.79 Å². The maximum Gasteiger partial charge on any atom is 0.356 e. The summed E-state index contributed by atoms with van der Waals surface area (Å²) in [5.74, 6) is -0.127. The molecule has 1 aromatic carbocycles. The van der Waals surface area contributed by atoms with Crippen molar-refractivity contribution in [3.05, 3.63) is 46.7 Å². The van der Waals surface area contributed by atoms with Gasteiger partial charge in [-0.2, -0.15) is 0 Å². The van der Waals surface area contributed by atoms with E-state index in [4.69, 9.17) is 4.74 Å². The molecule has 0 N–H and O–H groups in total. The predicted octanol–water partition coefficient (Wildman–Crippen LogP) is 1.41. The van der Waals surface area contributed by atoms with Crippen LogP contribution in [0.3, 0.4) is 0 Å². The van der Waals surface area contributed by atoms with Crippen LogP contribution in [-0.4, -0.2) is 17.0 Å². The van der Waals surface area contributed by atoms with E-state index >= 15 is 0 Å². The van der Waals surface area contributed by atoms with Gasteiger partial charge in [0.25, 0.3) is 5.69 Å². The number of carbonyl (C=O) groups excluding carboxylic acids is 1. The number of hydrogen-bond donors (Lipinski definition) is 0. The lowest BCUT2D eigenvalue weighted by atomic mass is 10.3. The summed E-state index contributed by atoms with van der Waals surface area (Å²) in [5, 5.41) is 10.4. The van der Waals surface area contributed by atoms with Crippen molar-refractivity contribution in [2.24, 2.45) is 0 Å². The Hall–Kier alpha value is -2.37. The first-order chi connectivity index (χ1) is 7.66. The van der Waals surface area contributed by atoms with Crippen LogP contribution in [0.25, 0.3) is 0 Å². The molecular formula is C10H7NO5. The predicted molar refractivity (Wildman–Crippen MR) is 52.7 cm³/mol. The fourth-order valence-corrected chi connectivity index (χ4v) is 1.20. The van der Waals surface area contributed by atoms with Gasteiger partial charge < -0.3 is 9.47 Å². The molecule has 0 fully saturated rings. The summed E-state index contributed by atoms with van der Waals surface area (Å²) < 4.78 is 9.79. The zero-order chi connectivity index (χ0) is 11.5. The second-order valence-electron chi connectivity index (χ2n) is 3.05. The molecule has 0 bridgehead atoms. The number of carbonyl (C=O) groups is 1. The number of nitro groups is 1. The van der Waals surface area contributed by atoms with E-state index in [1.807, 2.05) is 0 Å². The normalized spacial score (nSPS) is 18.2. The number of hydrogen-bond acceptors (Lipinski definition) is 5. The molecular weight excluding hydrogens is 214 g/mol. The lowest BCUT2D eigenvalue weighted by molar-refractivity contribution is -0.384. The van der Waals surface area contributed by atoms with Crippen molar-refractivity contribution >= 4 is 11.7 Å². The average molecular weight is 221 g/mol. The van der Waals surface area contributed by atoms with E-state index in [0.717, 1.165) is 0 Å². The number of benzene rings is 1. The van der Waals surface area contributed by atoms with Gasteiger partial charge in [0.15, 0.2) is 0 Å². The number of nitrogens with zero attached hydrogens (tertiary/aromatic N) is 1. The molecule has 6 heteroatoms. The first-order valence-electron chi connectivity index (χ1n) is 4.45. The van der Waals surface area contributed by atoms with Crippen LogP contribution in [0, 0.1) is 10.1 Å². The number of nitro benzene ring substituents is 1. The minimum atomic E-state index is -0.776. The summed E-state index contributed by atoms with van der Waals surface area (Å²) >= 11 is 0. The highest BCUT2D eigenvalue weighted by Gasteiger charge is 2.23. The Morgan fingerprint density at radius 2 is 2.00 bits per heavy atom. The molecule has 1 aliphatic heterocycles. The minimum absolute atomic E-state index is 0.0307. The molecule has 0 amide bonds. The van der Waals surface area contributed by atoms with Gasteiger partial charge in [0.1, 0.15) is 5.75 Å². The molecule has 0 aliphatic carbocycles. The van der Waals surface area contributed by atoms with E-state index in [9.17, 15) is 14.9 Å². The van der Waals surface area contributed by atoms with Crippen LogP contribution in [-0.2, 0) is 9.53 Å². The molecule has 1 atom stereocenters. The smallest absolute Gasteiger partial charge is 0.356 e. The second-order valence-corrected chi connectivity index (χ2v) is 3.05. The summed E-state index contributed by atoms with van der Waals surface area (Å²) in [6, 6.07) is 5.47. The Balaban J connectivity index is 2.08. The van der Waals surface area contributed by atoms with Gasteiger partial charge in [-0.05, 0) is 12.1 Å². The van der Waals surface area contributed by atoms with Crippen LogP contribution in [0.4, 0.5) is 5.69 Å². The Morgan fingerprint density at radius 1 is 1.31 bits per heavy atom. The van der Waals surface area contributed by atoms with E-state index in [-0.39, 0.29) is 5.69 Å². The van der Waals surface area contributed by atoms with Crippen molar-refractivity contribution in [3.63, 3.8) is 0 Å².